The van der Waals surface area contributed by atoms with Gasteiger partial charge >= 0.3 is 0 Å². The van der Waals surface area contributed by atoms with Gasteiger partial charge in [0.2, 0.25) is 6.79 Å². The van der Waals surface area contributed by atoms with Crippen LogP contribution in [0.3, 0.4) is 0 Å². The zero-order valence-electron chi connectivity index (χ0n) is 10.7. The molecule has 0 unspecified atom stereocenters. The van der Waals surface area contributed by atoms with Crippen LogP contribution in [0.15, 0.2) is 53.5 Å². The summed E-state index contributed by atoms with van der Waals surface area (Å²) in [7, 11) is 0. The molecule has 2 aromatic carbocycles. The molecular weight excluding hydrogens is 252 g/mol. The van der Waals surface area contributed by atoms with Crippen molar-refractivity contribution in [2.45, 2.75) is 0 Å². The fourth-order valence-electron chi connectivity index (χ4n) is 2.30. The second-order valence-electron chi connectivity index (χ2n) is 4.57. The van der Waals surface area contributed by atoms with Crippen LogP contribution in [0.2, 0.25) is 0 Å². The topological polar surface area (TPSA) is 42.9 Å². The average molecular weight is 264 g/mol. The first-order chi connectivity index (χ1) is 9.90. The van der Waals surface area contributed by atoms with Crippen molar-refractivity contribution in [3.63, 3.8) is 0 Å². The zero-order valence-corrected chi connectivity index (χ0v) is 10.7. The fourth-order valence-corrected chi connectivity index (χ4v) is 2.30. The molecule has 2 aromatic rings. The van der Waals surface area contributed by atoms with Gasteiger partial charge in [-0.1, -0.05) is 12.1 Å². The number of nitrogens with one attached hydrogen (secondary N) is 1. The number of hydrogen-bond acceptors (Lipinski definition) is 4. The second kappa shape index (κ2) is 4.42. The molecule has 2 aliphatic rings. The molecule has 0 aliphatic carbocycles. The van der Waals surface area contributed by atoms with Crippen molar-refractivity contribution >= 4 is 23.3 Å². The van der Waals surface area contributed by atoms with Crippen molar-refractivity contribution in [1.82, 2.24) is 0 Å². The van der Waals surface area contributed by atoms with Crippen LogP contribution in [0.1, 0.15) is 5.56 Å². The van der Waals surface area contributed by atoms with Crippen molar-refractivity contribution in [3.8, 4) is 11.5 Å². The Morgan fingerprint density at radius 2 is 1.90 bits per heavy atom. The van der Waals surface area contributed by atoms with E-state index in [1.54, 1.807) is 6.21 Å². The quantitative estimate of drug-likeness (QED) is 0.856. The lowest BCUT2D eigenvalue weighted by molar-refractivity contribution is 0.174. The number of fused-ring (bicyclic) bond motifs is 2. The van der Waals surface area contributed by atoms with E-state index < -0.39 is 0 Å². The van der Waals surface area contributed by atoms with Crippen molar-refractivity contribution in [3.05, 3.63) is 54.1 Å². The van der Waals surface area contributed by atoms with Gasteiger partial charge in [0.15, 0.2) is 11.5 Å². The largest absolute Gasteiger partial charge is 0.454 e. The lowest BCUT2D eigenvalue weighted by atomic mass is 10.1. The number of ether oxygens (including phenoxy) is 2. The molecule has 2 aliphatic heterocycles. The third-order valence-corrected chi connectivity index (χ3v) is 3.31. The maximum absolute atomic E-state index is 5.42. The van der Waals surface area contributed by atoms with Gasteiger partial charge < -0.3 is 14.8 Å². The summed E-state index contributed by atoms with van der Waals surface area (Å²) in [5, 5.41) is 3.41. The molecule has 0 atom stereocenters. The van der Waals surface area contributed by atoms with E-state index in [4.69, 9.17) is 9.47 Å². The number of allylic oxidation sites excluding steroid dienone is 1. The molecule has 2 heterocycles. The standard InChI is InChI=1S/C16H12N2O2/c1-2-4-14-13(3-1)17-8-7-12(18-14)11-5-6-15-16(9-11)20-10-19-15/h1-9,18H,10H2. The number of hydrogen-bond donors (Lipinski definition) is 1. The highest BCUT2D eigenvalue weighted by Gasteiger charge is 2.15. The predicted molar refractivity (Wildman–Crippen MR) is 78.8 cm³/mol. The first kappa shape index (κ1) is 11.1. The van der Waals surface area contributed by atoms with Gasteiger partial charge in [-0.2, -0.15) is 0 Å². The maximum Gasteiger partial charge on any atom is 0.231 e. The van der Waals surface area contributed by atoms with Crippen molar-refractivity contribution < 1.29 is 9.47 Å². The van der Waals surface area contributed by atoms with E-state index in [0.29, 0.717) is 0 Å². The van der Waals surface area contributed by atoms with Crippen LogP contribution < -0.4 is 14.8 Å². The number of benzene rings is 2. The van der Waals surface area contributed by atoms with Crippen molar-refractivity contribution in [2.75, 3.05) is 12.1 Å². The van der Waals surface area contributed by atoms with Crippen LogP contribution in [0.25, 0.3) is 5.70 Å². The highest BCUT2D eigenvalue weighted by atomic mass is 16.7. The summed E-state index contributed by atoms with van der Waals surface area (Å²) in [6.07, 6.45) is 3.76. The number of nitrogens with zero attached hydrogens (tertiary/aromatic N) is 1. The third-order valence-electron chi connectivity index (χ3n) is 3.31. The molecule has 0 radical (unpaired) electrons. The van der Waals surface area contributed by atoms with Gasteiger partial charge in [0.1, 0.15) is 0 Å². The first-order valence-corrected chi connectivity index (χ1v) is 6.40. The zero-order chi connectivity index (χ0) is 13.4. The Morgan fingerprint density at radius 3 is 2.90 bits per heavy atom. The Bertz CT molecular complexity index is 735. The normalized spacial score (nSPS) is 15.1. The van der Waals surface area contributed by atoms with Gasteiger partial charge in [-0.15, -0.1) is 0 Å². The molecule has 0 bridgehead atoms. The minimum Gasteiger partial charge on any atom is -0.454 e. The highest BCUT2D eigenvalue weighted by molar-refractivity contribution is 5.95. The Balaban J connectivity index is 1.73. The van der Waals surface area contributed by atoms with Crippen LogP contribution in [-0.2, 0) is 0 Å². The molecule has 0 fully saturated rings. The van der Waals surface area contributed by atoms with Gasteiger partial charge in [-0.3, -0.25) is 4.99 Å². The number of anilines is 1. The Morgan fingerprint density at radius 1 is 1.00 bits per heavy atom. The minimum atomic E-state index is 0.287. The Labute approximate surface area is 116 Å². The van der Waals surface area contributed by atoms with E-state index >= 15 is 0 Å². The first-order valence-electron chi connectivity index (χ1n) is 6.40. The smallest absolute Gasteiger partial charge is 0.231 e. The van der Waals surface area contributed by atoms with Crippen LogP contribution in [0, 0.1) is 0 Å². The van der Waals surface area contributed by atoms with Crippen molar-refractivity contribution in [2.24, 2.45) is 4.99 Å². The monoisotopic (exact) mass is 264 g/mol. The fraction of sp³-hybridized carbons (Fsp3) is 0.0625. The molecule has 0 saturated heterocycles. The number of para-hydroxylation sites is 2. The predicted octanol–water partition coefficient (Wildman–Crippen LogP) is 3.58. The summed E-state index contributed by atoms with van der Waals surface area (Å²) in [5.74, 6) is 1.57. The lowest BCUT2D eigenvalue weighted by Gasteiger charge is -2.11. The van der Waals surface area contributed by atoms with Crippen LogP contribution >= 0.6 is 0 Å². The molecule has 0 aromatic heterocycles. The molecule has 0 saturated carbocycles. The molecule has 0 amide bonds. The summed E-state index contributed by atoms with van der Waals surface area (Å²) in [4.78, 5) is 4.42. The van der Waals surface area contributed by atoms with E-state index in [9.17, 15) is 0 Å². The van der Waals surface area contributed by atoms with E-state index in [-0.39, 0.29) is 6.79 Å². The highest BCUT2D eigenvalue weighted by Crippen LogP contribution is 2.36. The Kier molecular flexibility index (Phi) is 2.45. The van der Waals surface area contributed by atoms with E-state index in [1.807, 2.05) is 48.5 Å². The lowest BCUT2D eigenvalue weighted by Crippen LogP contribution is -1.98. The number of aliphatic imine (C=N–C) groups is 1. The molecule has 98 valence electrons. The molecule has 20 heavy (non-hydrogen) atoms. The van der Waals surface area contributed by atoms with Crippen LogP contribution in [0.5, 0.6) is 11.5 Å². The summed E-state index contributed by atoms with van der Waals surface area (Å²) < 4.78 is 10.8. The maximum atomic E-state index is 5.42. The Hall–Kier alpha value is -2.75. The number of rotatable bonds is 1. The summed E-state index contributed by atoms with van der Waals surface area (Å²) >= 11 is 0. The molecule has 1 N–H and O–H groups in total. The summed E-state index contributed by atoms with van der Waals surface area (Å²) in [6.45, 7) is 0.287. The molecule has 4 nitrogen and oxygen atoms in total. The van der Waals surface area contributed by atoms with Gasteiger partial charge in [-0.25, -0.2) is 0 Å². The van der Waals surface area contributed by atoms with E-state index in [2.05, 4.69) is 10.3 Å². The molecule has 4 rings (SSSR count). The molecule has 0 spiro atoms. The summed E-state index contributed by atoms with van der Waals surface area (Å²) in [6, 6.07) is 13.9. The molecular formula is C16H12N2O2. The SMILES string of the molecule is C1=Nc2ccccc2NC(c2ccc3c(c2)OCO3)=C1. The average Bonchev–Trinajstić information content (AvgIpc) is 2.84. The minimum absolute atomic E-state index is 0.287. The van der Waals surface area contributed by atoms with Gasteiger partial charge in [0.25, 0.3) is 0 Å². The van der Waals surface area contributed by atoms with E-state index in [1.165, 1.54) is 0 Å². The van der Waals surface area contributed by atoms with Gasteiger partial charge in [0, 0.05) is 17.5 Å². The van der Waals surface area contributed by atoms with Gasteiger partial charge in [0.05, 0.1) is 11.4 Å². The van der Waals surface area contributed by atoms with Crippen LogP contribution in [-0.4, -0.2) is 13.0 Å². The van der Waals surface area contributed by atoms with Gasteiger partial charge in [-0.05, 0) is 36.4 Å². The summed E-state index contributed by atoms with van der Waals surface area (Å²) in [5.41, 5.74) is 3.94. The van der Waals surface area contributed by atoms with E-state index in [0.717, 1.165) is 34.1 Å². The molecule has 4 heteroatoms. The van der Waals surface area contributed by atoms with Crippen molar-refractivity contribution in [1.29, 1.82) is 0 Å². The second-order valence-corrected chi connectivity index (χ2v) is 4.57. The third kappa shape index (κ3) is 1.82. The van der Waals surface area contributed by atoms with Crippen LogP contribution in [0.4, 0.5) is 11.4 Å².